The van der Waals surface area contributed by atoms with Gasteiger partial charge < -0.3 is 8.37 Å². The first kappa shape index (κ1) is 47.1. The predicted molar refractivity (Wildman–Crippen MR) is 221 cm³/mol. The second kappa shape index (κ2) is 30.2. The highest BCUT2D eigenvalue weighted by Crippen LogP contribution is 2.29. The Morgan fingerprint density at radius 3 is 1.21 bits per heavy atom. The summed E-state index contributed by atoms with van der Waals surface area (Å²) in [7, 11) is -9.90. The van der Waals surface area contributed by atoms with Gasteiger partial charge in [0.05, 0.1) is 0 Å². The van der Waals surface area contributed by atoms with Crippen LogP contribution in [0.15, 0.2) is 48.5 Å². The number of unbranched alkanes of at least 4 members (excludes halogenated alkanes) is 26. The molecule has 0 aliphatic heterocycles. The molecule has 0 radical (unpaired) electrons. The fraction of sp³-hybridized carbons (Fsp3) is 0.727. The highest BCUT2D eigenvalue weighted by Gasteiger charge is 2.28. The van der Waals surface area contributed by atoms with Crippen molar-refractivity contribution in [3.8, 4) is 11.5 Å². The van der Waals surface area contributed by atoms with Crippen LogP contribution in [-0.2, 0) is 37.3 Å². The minimum atomic E-state index is -4.97. The molecule has 2 aromatic rings. The molecule has 53 heavy (non-hydrogen) atoms. The van der Waals surface area contributed by atoms with Gasteiger partial charge >= 0.3 is 20.8 Å². The van der Waals surface area contributed by atoms with Crippen molar-refractivity contribution in [3.63, 3.8) is 0 Å². The van der Waals surface area contributed by atoms with E-state index in [1.165, 1.54) is 160 Å². The zero-order valence-electron chi connectivity index (χ0n) is 33.5. The lowest BCUT2D eigenvalue weighted by Gasteiger charge is -2.15. The molecule has 9 heteroatoms. The first-order chi connectivity index (χ1) is 25.8. The Morgan fingerprint density at radius 2 is 0.774 bits per heavy atom. The number of benzene rings is 2. The molecule has 0 heterocycles. The van der Waals surface area contributed by atoms with Crippen molar-refractivity contribution in [2.45, 2.75) is 206 Å². The molecule has 304 valence electrons. The highest BCUT2D eigenvalue weighted by atomic mass is 32.3. The third kappa shape index (κ3) is 24.8. The van der Waals surface area contributed by atoms with Crippen LogP contribution in [0.1, 0.15) is 205 Å². The van der Waals surface area contributed by atoms with Gasteiger partial charge in [-0.1, -0.05) is 215 Å². The van der Waals surface area contributed by atoms with E-state index in [-0.39, 0.29) is 11.5 Å². The van der Waals surface area contributed by atoms with Crippen molar-refractivity contribution >= 4 is 20.8 Å². The van der Waals surface area contributed by atoms with Crippen LogP contribution in [0.5, 0.6) is 11.5 Å². The number of aryl methyl sites for hydroxylation is 1. The van der Waals surface area contributed by atoms with Gasteiger partial charge in [0.1, 0.15) is 11.5 Å². The topological polar surface area (TPSA) is 96.0 Å². The monoisotopic (exact) mass is 778 g/mol. The molecule has 7 nitrogen and oxygen atoms in total. The predicted octanol–water partition coefficient (Wildman–Crippen LogP) is 13.7. The maximum absolute atomic E-state index is 12.9. The van der Waals surface area contributed by atoms with Crippen molar-refractivity contribution in [1.82, 2.24) is 0 Å². The van der Waals surface area contributed by atoms with Crippen molar-refractivity contribution < 1.29 is 28.8 Å². The first-order valence-electron chi connectivity index (χ1n) is 21.5. The average Bonchev–Trinajstić information content (AvgIpc) is 3.12. The molecule has 2 rings (SSSR count). The molecule has 0 aliphatic rings. The lowest BCUT2D eigenvalue weighted by atomic mass is 9.95. The summed E-state index contributed by atoms with van der Waals surface area (Å²) in [6.45, 7) is 4.53. The van der Waals surface area contributed by atoms with Crippen molar-refractivity contribution in [1.29, 1.82) is 0 Å². The number of hydrogen-bond acceptors (Lipinski definition) is 7. The Bertz CT molecular complexity index is 1380. The van der Waals surface area contributed by atoms with Crippen molar-refractivity contribution in [3.05, 3.63) is 59.7 Å². The Hall–Kier alpha value is -2.10. The summed E-state index contributed by atoms with van der Waals surface area (Å²) < 4.78 is 65.2. The van der Waals surface area contributed by atoms with E-state index in [0.29, 0.717) is 6.42 Å². The minimum Gasteiger partial charge on any atom is -0.361 e. The first-order valence-corrected chi connectivity index (χ1v) is 24.2. The normalized spacial score (nSPS) is 12.0. The standard InChI is InChI=1S/C44H74O7S2/c1-3-5-7-9-11-13-15-17-19-21-23-25-27-30-35-41-36-34-40-44(50-53(47,48)51-52(45,46)49-42-37-31-29-32-38-42)43(41)39-33-28-26-24-22-20-18-16-14-12-10-8-6-4-2/h29,31-32,34,36-38,40H,3-28,30,33,35,39H2,1-2H3. The van der Waals surface area contributed by atoms with Gasteiger partial charge in [-0.05, 0) is 55.0 Å². The van der Waals surface area contributed by atoms with E-state index in [1.54, 1.807) is 30.3 Å². The summed E-state index contributed by atoms with van der Waals surface area (Å²) in [5, 5.41) is 0. The Kier molecular flexibility index (Phi) is 26.8. The van der Waals surface area contributed by atoms with Crippen LogP contribution in [0.4, 0.5) is 0 Å². The summed E-state index contributed by atoms with van der Waals surface area (Å²) >= 11 is 0. The van der Waals surface area contributed by atoms with E-state index in [0.717, 1.165) is 49.7 Å². The summed E-state index contributed by atoms with van der Waals surface area (Å²) in [6, 6.07) is 13.0. The van der Waals surface area contributed by atoms with Gasteiger partial charge in [-0.3, -0.25) is 0 Å². The van der Waals surface area contributed by atoms with Crippen LogP contribution in [0, 0.1) is 0 Å². The maximum atomic E-state index is 12.9. The summed E-state index contributed by atoms with van der Waals surface area (Å²) in [6.07, 6.45) is 37.3. The summed E-state index contributed by atoms with van der Waals surface area (Å²) in [5.74, 6) is 0.0637. The van der Waals surface area contributed by atoms with Gasteiger partial charge in [0, 0.05) is 0 Å². The molecule has 0 aromatic heterocycles. The Labute approximate surface area is 326 Å². The smallest absolute Gasteiger partial charge is 0.361 e. The fourth-order valence-corrected chi connectivity index (χ4v) is 8.81. The van der Waals surface area contributed by atoms with E-state index in [1.807, 2.05) is 6.07 Å². The lowest BCUT2D eigenvalue weighted by Crippen LogP contribution is -2.22. The summed E-state index contributed by atoms with van der Waals surface area (Å²) in [4.78, 5) is 0. The maximum Gasteiger partial charge on any atom is 0.466 e. The molecule has 0 bridgehead atoms. The minimum absolute atomic E-state index is 0.0589. The SMILES string of the molecule is CCCCCCCCCCCCCCCCc1cccc(OS(=O)(=O)OS(=O)(=O)Oc2ccccc2)c1CCCCCCCCCCCCCCCC. The molecule has 0 unspecified atom stereocenters. The van der Waals surface area contributed by atoms with Gasteiger partial charge in [-0.15, -0.1) is 0 Å². The van der Waals surface area contributed by atoms with E-state index < -0.39 is 20.8 Å². The van der Waals surface area contributed by atoms with Gasteiger partial charge in [0.15, 0.2) is 0 Å². The van der Waals surface area contributed by atoms with Crippen molar-refractivity contribution in [2.24, 2.45) is 0 Å². The second-order valence-corrected chi connectivity index (χ2v) is 17.5. The van der Waals surface area contributed by atoms with E-state index in [9.17, 15) is 16.8 Å². The Balaban J connectivity index is 1.84. The fourth-order valence-electron chi connectivity index (χ4n) is 7.05. The molecule has 0 fully saturated rings. The van der Waals surface area contributed by atoms with E-state index in [2.05, 4.69) is 17.5 Å². The number of rotatable bonds is 36. The summed E-state index contributed by atoms with van der Waals surface area (Å²) in [5.41, 5.74) is 1.87. The average molecular weight is 779 g/mol. The quantitative estimate of drug-likeness (QED) is 0.0635. The van der Waals surface area contributed by atoms with Crippen molar-refractivity contribution in [2.75, 3.05) is 0 Å². The molecular formula is C44H74O7S2. The van der Waals surface area contributed by atoms with Crippen LogP contribution in [0.3, 0.4) is 0 Å². The van der Waals surface area contributed by atoms with Gasteiger partial charge in [-0.25, -0.2) is 0 Å². The van der Waals surface area contributed by atoms with E-state index in [4.69, 9.17) is 8.37 Å². The van der Waals surface area contributed by atoms with Crippen LogP contribution < -0.4 is 8.37 Å². The highest BCUT2D eigenvalue weighted by molar-refractivity contribution is 7.95. The lowest BCUT2D eigenvalue weighted by molar-refractivity contribution is 0.350. The van der Waals surface area contributed by atoms with Crippen LogP contribution in [0.25, 0.3) is 0 Å². The molecule has 0 spiro atoms. The number of para-hydroxylation sites is 1. The molecule has 2 aromatic carbocycles. The third-order valence-electron chi connectivity index (χ3n) is 10.1. The second-order valence-electron chi connectivity index (χ2n) is 15.0. The zero-order chi connectivity index (χ0) is 38.3. The van der Waals surface area contributed by atoms with Gasteiger partial charge in [-0.2, -0.15) is 16.8 Å². The zero-order valence-corrected chi connectivity index (χ0v) is 35.1. The van der Waals surface area contributed by atoms with Crippen LogP contribution in [-0.4, -0.2) is 16.8 Å². The Morgan fingerprint density at radius 1 is 0.396 bits per heavy atom. The largest absolute Gasteiger partial charge is 0.466 e. The van der Waals surface area contributed by atoms with Crippen LogP contribution >= 0.6 is 0 Å². The number of hydrogen-bond donors (Lipinski definition) is 0. The molecule has 0 atom stereocenters. The molecule has 0 N–H and O–H groups in total. The molecular weight excluding hydrogens is 705 g/mol. The molecule has 0 amide bonds. The van der Waals surface area contributed by atoms with Gasteiger partial charge in [0.25, 0.3) is 0 Å². The van der Waals surface area contributed by atoms with Gasteiger partial charge in [0.2, 0.25) is 0 Å². The molecule has 0 saturated carbocycles. The molecule has 0 aliphatic carbocycles. The van der Waals surface area contributed by atoms with E-state index >= 15 is 0 Å². The molecule has 0 saturated heterocycles. The third-order valence-corrected chi connectivity index (χ3v) is 12.2. The van der Waals surface area contributed by atoms with Crippen LogP contribution in [0.2, 0.25) is 0 Å².